The minimum absolute atomic E-state index is 0.120. The molecule has 2 rings (SSSR count). The molecule has 1 unspecified atom stereocenters. The number of aliphatic hydroxyl groups is 1. The number of furan rings is 1. The van der Waals surface area contributed by atoms with Gasteiger partial charge in [-0.1, -0.05) is 11.8 Å². The van der Waals surface area contributed by atoms with Crippen LogP contribution in [0, 0.1) is 17.7 Å². The lowest BCUT2D eigenvalue weighted by molar-refractivity contribution is 0.0934. The third-order valence-electron chi connectivity index (χ3n) is 2.85. The molecule has 1 aromatic carbocycles. The number of rotatable bonds is 3. The van der Waals surface area contributed by atoms with Crippen molar-refractivity contribution >= 4 is 5.91 Å². The van der Waals surface area contributed by atoms with Crippen LogP contribution in [0.1, 0.15) is 34.6 Å². The predicted octanol–water partition coefficient (Wildman–Crippen LogP) is 2.25. The van der Waals surface area contributed by atoms with Crippen molar-refractivity contribution < 1.29 is 18.7 Å². The maximum absolute atomic E-state index is 13.3. The quantitative estimate of drug-likeness (QED) is 0.851. The van der Waals surface area contributed by atoms with Crippen LogP contribution in [0.25, 0.3) is 0 Å². The molecule has 1 aromatic heterocycles. The van der Waals surface area contributed by atoms with Crippen molar-refractivity contribution in [2.75, 3.05) is 6.61 Å². The van der Waals surface area contributed by atoms with Gasteiger partial charge in [0.1, 0.15) is 18.2 Å². The van der Waals surface area contributed by atoms with E-state index in [1.807, 2.05) is 0 Å². The first-order valence-electron chi connectivity index (χ1n) is 6.35. The Bertz CT molecular complexity index is 683. The van der Waals surface area contributed by atoms with Gasteiger partial charge in [0.15, 0.2) is 0 Å². The first kappa shape index (κ1) is 14.8. The number of benzene rings is 1. The normalized spacial score (nSPS) is 11.4. The highest BCUT2D eigenvalue weighted by molar-refractivity contribution is 5.97. The minimum Gasteiger partial charge on any atom is -0.467 e. The molecule has 0 saturated carbocycles. The summed E-state index contributed by atoms with van der Waals surface area (Å²) in [6.07, 6.45) is 1.51. The summed E-state index contributed by atoms with van der Waals surface area (Å²) in [5.41, 5.74) is 0.476. The first-order chi connectivity index (χ1) is 10.1. The van der Waals surface area contributed by atoms with E-state index in [0.29, 0.717) is 11.3 Å². The van der Waals surface area contributed by atoms with E-state index in [-0.39, 0.29) is 18.2 Å². The summed E-state index contributed by atoms with van der Waals surface area (Å²) in [6.45, 7) is 1.43. The zero-order valence-corrected chi connectivity index (χ0v) is 11.4. The molecule has 0 saturated heterocycles. The largest absolute Gasteiger partial charge is 0.467 e. The van der Waals surface area contributed by atoms with E-state index in [1.165, 1.54) is 18.4 Å². The van der Waals surface area contributed by atoms with Gasteiger partial charge in [-0.05, 0) is 37.3 Å². The molecule has 0 radical (unpaired) electrons. The lowest BCUT2D eigenvalue weighted by Gasteiger charge is -2.12. The second-order valence-electron chi connectivity index (χ2n) is 4.36. The molecule has 0 spiro atoms. The zero-order chi connectivity index (χ0) is 15.2. The molecule has 21 heavy (non-hydrogen) atoms. The smallest absolute Gasteiger partial charge is 0.253 e. The molecule has 1 heterocycles. The average molecular weight is 287 g/mol. The summed E-state index contributed by atoms with van der Waals surface area (Å²) < 4.78 is 18.5. The molecular weight excluding hydrogens is 273 g/mol. The van der Waals surface area contributed by atoms with Crippen LogP contribution in [0.15, 0.2) is 41.0 Å². The van der Waals surface area contributed by atoms with Crippen molar-refractivity contribution in [1.29, 1.82) is 0 Å². The van der Waals surface area contributed by atoms with Crippen LogP contribution in [-0.4, -0.2) is 17.6 Å². The Kier molecular flexibility index (Phi) is 4.75. The van der Waals surface area contributed by atoms with Gasteiger partial charge in [-0.2, -0.15) is 0 Å². The van der Waals surface area contributed by atoms with Crippen molar-refractivity contribution in [2.24, 2.45) is 0 Å². The molecule has 1 atom stereocenters. The fourth-order valence-corrected chi connectivity index (χ4v) is 1.83. The molecular formula is C16H14FNO3. The van der Waals surface area contributed by atoms with Gasteiger partial charge in [-0.15, -0.1) is 0 Å². The van der Waals surface area contributed by atoms with Crippen molar-refractivity contribution in [3.05, 3.63) is 59.3 Å². The van der Waals surface area contributed by atoms with E-state index in [4.69, 9.17) is 9.52 Å². The summed E-state index contributed by atoms with van der Waals surface area (Å²) in [5, 5.41) is 11.4. The Morgan fingerprint density at radius 1 is 1.48 bits per heavy atom. The Morgan fingerprint density at radius 2 is 2.29 bits per heavy atom. The van der Waals surface area contributed by atoms with Gasteiger partial charge in [0.25, 0.3) is 5.91 Å². The van der Waals surface area contributed by atoms with Crippen molar-refractivity contribution in [3.8, 4) is 11.8 Å². The third kappa shape index (κ3) is 3.71. The number of aliphatic hydroxyl groups excluding tert-OH is 1. The lowest BCUT2D eigenvalue weighted by atomic mass is 10.1. The molecule has 1 amide bonds. The number of carbonyl (C=O) groups excluding carboxylic acids is 1. The van der Waals surface area contributed by atoms with Crippen LogP contribution < -0.4 is 5.32 Å². The Labute approximate surface area is 121 Å². The highest BCUT2D eigenvalue weighted by atomic mass is 19.1. The van der Waals surface area contributed by atoms with E-state index in [0.717, 1.165) is 6.07 Å². The lowest BCUT2D eigenvalue weighted by Crippen LogP contribution is -2.27. The SMILES string of the molecule is CC(NC(=O)c1cc(F)ccc1C#CCO)c1ccco1. The standard InChI is InChI=1S/C16H14FNO3/c1-11(15-5-3-9-21-15)18-16(20)14-10-13(17)7-6-12(14)4-2-8-19/h3,5-7,9-11,19H,8H2,1H3,(H,18,20). The third-order valence-corrected chi connectivity index (χ3v) is 2.85. The maximum atomic E-state index is 13.3. The van der Waals surface area contributed by atoms with Gasteiger partial charge in [0, 0.05) is 5.56 Å². The monoisotopic (exact) mass is 287 g/mol. The minimum atomic E-state index is -0.527. The van der Waals surface area contributed by atoms with E-state index in [2.05, 4.69) is 17.2 Å². The van der Waals surface area contributed by atoms with Crippen molar-refractivity contribution in [1.82, 2.24) is 5.32 Å². The van der Waals surface area contributed by atoms with E-state index in [1.54, 1.807) is 19.1 Å². The van der Waals surface area contributed by atoms with E-state index >= 15 is 0 Å². The maximum Gasteiger partial charge on any atom is 0.253 e. The van der Waals surface area contributed by atoms with E-state index < -0.39 is 11.7 Å². The van der Waals surface area contributed by atoms with Crippen LogP contribution in [0.2, 0.25) is 0 Å². The molecule has 5 heteroatoms. The molecule has 4 nitrogen and oxygen atoms in total. The second kappa shape index (κ2) is 6.73. The van der Waals surface area contributed by atoms with Crippen molar-refractivity contribution in [2.45, 2.75) is 13.0 Å². The van der Waals surface area contributed by atoms with Crippen LogP contribution in [-0.2, 0) is 0 Å². The second-order valence-corrected chi connectivity index (χ2v) is 4.36. The average Bonchev–Trinajstić information content (AvgIpc) is 3.00. The van der Waals surface area contributed by atoms with E-state index in [9.17, 15) is 9.18 Å². The number of hydrogen-bond acceptors (Lipinski definition) is 3. The van der Waals surface area contributed by atoms with Crippen LogP contribution in [0.4, 0.5) is 4.39 Å². The summed E-state index contributed by atoms with van der Waals surface area (Å²) in [5.74, 6) is 4.69. The number of amides is 1. The van der Waals surface area contributed by atoms with Gasteiger partial charge >= 0.3 is 0 Å². The number of hydrogen-bond donors (Lipinski definition) is 2. The van der Waals surface area contributed by atoms with Crippen LogP contribution >= 0.6 is 0 Å². The molecule has 108 valence electrons. The molecule has 0 aliphatic heterocycles. The summed E-state index contributed by atoms with van der Waals surface area (Å²) in [6, 6.07) is 6.85. The number of carbonyl (C=O) groups is 1. The molecule has 0 bridgehead atoms. The zero-order valence-electron chi connectivity index (χ0n) is 11.4. The Hall–Kier alpha value is -2.58. The topological polar surface area (TPSA) is 62.5 Å². The highest BCUT2D eigenvalue weighted by Gasteiger charge is 2.16. The molecule has 2 N–H and O–H groups in total. The highest BCUT2D eigenvalue weighted by Crippen LogP contribution is 2.15. The van der Waals surface area contributed by atoms with Crippen LogP contribution in [0.5, 0.6) is 0 Å². The summed E-state index contributed by atoms with van der Waals surface area (Å²) >= 11 is 0. The molecule has 0 aliphatic rings. The summed E-state index contributed by atoms with van der Waals surface area (Å²) in [7, 11) is 0. The number of halogens is 1. The van der Waals surface area contributed by atoms with Gasteiger partial charge in [0.2, 0.25) is 0 Å². The predicted molar refractivity (Wildman–Crippen MR) is 75.0 cm³/mol. The first-order valence-corrected chi connectivity index (χ1v) is 6.35. The number of nitrogens with one attached hydrogen (secondary N) is 1. The Morgan fingerprint density at radius 3 is 2.95 bits per heavy atom. The fourth-order valence-electron chi connectivity index (χ4n) is 1.83. The van der Waals surface area contributed by atoms with Gasteiger partial charge in [0.05, 0.1) is 17.9 Å². The Balaban J connectivity index is 2.24. The van der Waals surface area contributed by atoms with Gasteiger partial charge in [-0.3, -0.25) is 4.79 Å². The van der Waals surface area contributed by atoms with Crippen LogP contribution in [0.3, 0.4) is 0 Å². The van der Waals surface area contributed by atoms with Crippen molar-refractivity contribution in [3.63, 3.8) is 0 Å². The molecule has 0 aliphatic carbocycles. The molecule has 2 aromatic rings. The van der Waals surface area contributed by atoms with Gasteiger partial charge in [-0.25, -0.2) is 4.39 Å². The fraction of sp³-hybridized carbons (Fsp3) is 0.188. The summed E-state index contributed by atoms with van der Waals surface area (Å²) in [4.78, 5) is 12.2. The molecule has 0 fully saturated rings. The van der Waals surface area contributed by atoms with Gasteiger partial charge < -0.3 is 14.8 Å².